The first-order chi connectivity index (χ1) is 7.65. The van der Waals surface area contributed by atoms with Gasteiger partial charge in [-0.25, -0.2) is 0 Å². The van der Waals surface area contributed by atoms with Gasteiger partial charge in [0.15, 0.2) is 0 Å². The van der Waals surface area contributed by atoms with Gasteiger partial charge in [0.05, 0.1) is 24.2 Å². The summed E-state index contributed by atoms with van der Waals surface area (Å²) in [5, 5.41) is 0. The average Bonchev–Trinajstić information content (AvgIpc) is 2.66. The van der Waals surface area contributed by atoms with Crippen LogP contribution in [0, 0.1) is 0 Å². The zero-order valence-electron chi connectivity index (χ0n) is 9.78. The van der Waals surface area contributed by atoms with E-state index in [4.69, 9.17) is 22.7 Å². The average molecular weight is 244 g/mol. The Morgan fingerprint density at radius 3 is 3.00 bits per heavy atom. The molecule has 0 aromatic heterocycles. The zero-order valence-corrected chi connectivity index (χ0v) is 10.6. The van der Waals surface area contributed by atoms with Crippen molar-refractivity contribution in [3.63, 3.8) is 0 Å². The number of rotatable bonds is 6. The summed E-state index contributed by atoms with van der Waals surface area (Å²) in [6.07, 6.45) is 3.96. The first-order valence-corrected chi connectivity index (χ1v) is 6.25. The fourth-order valence-corrected chi connectivity index (χ4v) is 2.15. The third kappa shape index (κ3) is 4.06. The number of ether oxygens (including phenoxy) is 1. The lowest BCUT2D eigenvalue weighted by atomic mass is 10.2. The summed E-state index contributed by atoms with van der Waals surface area (Å²) < 4.78 is 5.11. The van der Waals surface area contributed by atoms with Crippen molar-refractivity contribution in [3.05, 3.63) is 0 Å². The maximum absolute atomic E-state index is 11.5. The third-order valence-corrected chi connectivity index (χ3v) is 3.06. The summed E-state index contributed by atoms with van der Waals surface area (Å²) in [5.41, 5.74) is 5.62. The molecule has 4 nitrogen and oxygen atoms in total. The molecule has 2 N–H and O–H groups in total. The number of nitrogens with zero attached hydrogens (tertiary/aromatic N) is 1. The van der Waals surface area contributed by atoms with E-state index in [-0.39, 0.29) is 12.0 Å². The van der Waals surface area contributed by atoms with Crippen LogP contribution in [0.25, 0.3) is 0 Å². The molecule has 1 rings (SSSR count). The van der Waals surface area contributed by atoms with E-state index in [9.17, 15) is 4.79 Å². The Balaban J connectivity index is 2.30. The highest BCUT2D eigenvalue weighted by molar-refractivity contribution is 7.80. The van der Waals surface area contributed by atoms with E-state index in [2.05, 4.69) is 6.92 Å². The van der Waals surface area contributed by atoms with Crippen LogP contribution in [-0.2, 0) is 9.53 Å². The van der Waals surface area contributed by atoms with Gasteiger partial charge in [0.1, 0.15) is 0 Å². The number of likely N-dealkylation sites (tertiary alicyclic amines) is 1. The summed E-state index contributed by atoms with van der Waals surface area (Å²) in [6.45, 7) is 3.77. The van der Waals surface area contributed by atoms with Crippen LogP contribution in [0.3, 0.4) is 0 Å². The Kier molecular flexibility index (Phi) is 5.69. The van der Waals surface area contributed by atoms with Crippen molar-refractivity contribution < 1.29 is 9.53 Å². The van der Waals surface area contributed by atoms with Gasteiger partial charge in [0, 0.05) is 0 Å². The van der Waals surface area contributed by atoms with Crippen molar-refractivity contribution in [1.82, 2.24) is 4.90 Å². The molecule has 0 bridgehead atoms. The molecule has 1 saturated heterocycles. The molecular formula is C11H20N2O2S. The lowest BCUT2D eigenvalue weighted by molar-refractivity contribution is -0.145. The van der Waals surface area contributed by atoms with Gasteiger partial charge in [0.25, 0.3) is 0 Å². The largest absolute Gasteiger partial charge is 0.465 e. The highest BCUT2D eigenvalue weighted by Gasteiger charge is 2.28. The molecule has 1 fully saturated rings. The van der Waals surface area contributed by atoms with Crippen LogP contribution in [0.2, 0.25) is 0 Å². The molecular weight excluding hydrogens is 224 g/mol. The first-order valence-electron chi connectivity index (χ1n) is 5.84. The number of hydrogen-bond acceptors (Lipinski definition) is 4. The first kappa shape index (κ1) is 13.4. The molecule has 0 saturated carbocycles. The molecule has 0 aromatic carbocycles. The summed E-state index contributed by atoms with van der Waals surface area (Å²) in [5.74, 6) is -0.170. The minimum absolute atomic E-state index is 0.0775. The molecule has 0 amide bonds. The standard InChI is InChI=1S/C11H20N2O2S/c1-2-3-7-15-10(14)8-13-6-4-5-9(13)11(12)16/h9H,2-8H2,1H3,(H2,12,16). The second kappa shape index (κ2) is 6.81. The maximum Gasteiger partial charge on any atom is 0.320 e. The van der Waals surface area contributed by atoms with Gasteiger partial charge in [0.2, 0.25) is 0 Å². The van der Waals surface area contributed by atoms with Gasteiger partial charge in [-0.2, -0.15) is 0 Å². The third-order valence-electron chi connectivity index (χ3n) is 2.79. The highest BCUT2D eigenvalue weighted by Crippen LogP contribution is 2.16. The molecule has 16 heavy (non-hydrogen) atoms. The Morgan fingerprint density at radius 2 is 2.38 bits per heavy atom. The Hall–Kier alpha value is -0.680. The van der Waals surface area contributed by atoms with Crippen molar-refractivity contribution in [3.8, 4) is 0 Å². The monoisotopic (exact) mass is 244 g/mol. The summed E-state index contributed by atoms with van der Waals surface area (Å²) in [7, 11) is 0. The van der Waals surface area contributed by atoms with Gasteiger partial charge >= 0.3 is 5.97 Å². The van der Waals surface area contributed by atoms with E-state index >= 15 is 0 Å². The normalized spacial score (nSPS) is 20.9. The molecule has 1 aliphatic heterocycles. The molecule has 1 atom stereocenters. The van der Waals surface area contributed by atoms with Crippen molar-refractivity contribution in [1.29, 1.82) is 0 Å². The van der Waals surface area contributed by atoms with Crippen LogP contribution in [0.4, 0.5) is 0 Å². The minimum Gasteiger partial charge on any atom is -0.465 e. The number of nitrogens with two attached hydrogens (primary N) is 1. The van der Waals surface area contributed by atoms with Gasteiger partial charge in [-0.05, 0) is 25.8 Å². The fourth-order valence-electron chi connectivity index (χ4n) is 1.88. The minimum atomic E-state index is -0.170. The molecule has 0 aliphatic carbocycles. The van der Waals surface area contributed by atoms with Crippen molar-refractivity contribution in [2.75, 3.05) is 19.7 Å². The molecule has 1 aliphatic rings. The molecule has 0 spiro atoms. The summed E-state index contributed by atoms with van der Waals surface area (Å²) in [4.78, 5) is 14.0. The van der Waals surface area contributed by atoms with Crippen LogP contribution < -0.4 is 5.73 Å². The second-order valence-corrected chi connectivity index (χ2v) is 4.58. The van der Waals surface area contributed by atoms with E-state index in [1.165, 1.54) is 0 Å². The van der Waals surface area contributed by atoms with Crippen LogP contribution in [0.1, 0.15) is 32.6 Å². The molecule has 0 radical (unpaired) electrons. The van der Waals surface area contributed by atoms with Crippen LogP contribution in [0.5, 0.6) is 0 Å². The topological polar surface area (TPSA) is 55.6 Å². The smallest absolute Gasteiger partial charge is 0.320 e. The quantitative estimate of drug-likeness (QED) is 0.430. The van der Waals surface area contributed by atoms with E-state index in [1.54, 1.807) is 0 Å². The molecule has 1 unspecified atom stereocenters. The van der Waals surface area contributed by atoms with Crippen molar-refractivity contribution in [2.24, 2.45) is 5.73 Å². The van der Waals surface area contributed by atoms with Crippen molar-refractivity contribution >= 4 is 23.2 Å². The number of carbonyl (C=O) groups is 1. The maximum atomic E-state index is 11.5. The lowest BCUT2D eigenvalue weighted by Crippen LogP contribution is -2.42. The Labute approximate surface area is 102 Å². The Morgan fingerprint density at radius 1 is 1.62 bits per heavy atom. The Bertz CT molecular complexity index is 258. The molecule has 5 heteroatoms. The van der Waals surface area contributed by atoms with Gasteiger partial charge in [-0.15, -0.1) is 0 Å². The molecule has 92 valence electrons. The summed E-state index contributed by atoms with van der Waals surface area (Å²) in [6, 6.07) is 0.0775. The van der Waals surface area contributed by atoms with E-state index < -0.39 is 0 Å². The predicted octanol–water partition coefficient (Wildman–Crippen LogP) is 1.08. The van der Waals surface area contributed by atoms with Crippen molar-refractivity contribution in [2.45, 2.75) is 38.6 Å². The van der Waals surface area contributed by atoms with E-state index in [0.29, 0.717) is 18.1 Å². The number of unbranched alkanes of at least 4 members (excludes halogenated alkanes) is 1. The van der Waals surface area contributed by atoms with Gasteiger partial charge in [-0.1, -0.05) is 25.6 Å². The van der Waals surface area contributed by atoms with Crippen LogP contribution in [0.15, 0.2) is 0 Å². The SMILES string of the molecule is CCCCOC(=O)CN1CCCC1C(N)=S. The van der Waals surface area contributed by atoms with Crippen LogP contribution >= 0.6 is 12.2 Å². The second-order valence-electron chi connectivity index (χ2n) is 4.10. The van der Waals surface area contributed by atoms with E-state index in [1.807, 2.05) is 4.90 Å². The molecule has 0 aromatic rings. The number of thiocarbonyl (C=S) groups is 1. The summed E-state index contributed by atoms with van der Waals surface area (Å²) >= 11 is 4.98. The highest BCUT2D eigenvalue weighted by atomic mass is 32.1. The van der Waals surface area contributed by atoms with E-state index in [0.717, 1.165) is 32.2 Å². The lowest BCUT2D eigenvalue weighted by Gasteiger charge is -2.22. The molecule has 1 heterocycles. The fraction of sp³-hybridized carbons (Fsp3) is 0.818. The van der Waals surface area contributed by atoms with Gasteiger partial charge < -0.3 is 10.5 Å². The number of hydrogen-bond donors (Lipinski definition) is 1. The van der Waals surface area contributed by atoms with Crippen LogP contribution in [-0.4, -0.2) is 41.6 Å². The number of esters is 1. The zero-order chi connectivity index (χ0) is 12.0. The predicted molar refractivity (Wildman–Crippen MR) is 67.2 cm³/mol. The number of carbonyl (C=O) groups excluding carboxylic acids is 1. The van der Waals surface area contributed by atoms with Gasteiger partial charge in [-0.3, -0.25) is 9.69 Å².